The van der Waals surface area contributed by atoms with Crippen molar-refractivity contribution < 1.29 is 13.7 Å². The first kappa shape index (κ1) is 11.9. The Bertz CT molecular complexity index is 469. The second kappa shape index (κ2) is 4.57. The third-order valence-corrected chi connectivity index (χ3v) is 1.83. The van der Waals surface area contributed by atoms with E-state index in [1.54, 1.807) is 0 Å². The highest BCUT2D eigenvalue weighted by Gasteiger charge is 2.22. The van der Waals surface area contributed by atoms with E-state index in [-0.39, 0.29) is 5.69 Å². The second-order valence-corrected chi connectivity index (χ2v) is 3.07. The molecule has 0 heterocycles. The van der Waals surface area contributed by atoms with Gasteiger partial charge in [0.25, 0.3) is 0 Å². The van der Waals surface area contributed by atoms with Gasteiger partial charge in [0.1, 0.15) is 11.5 Å². The number of halogens is 2. The van der Waals surface area contributed by atoms with Gasteiger partial charge < -0.3 is 5.32 Å². The summed E-state index contributed by atoms with van der Waals surface area (Å²) in [6.07, 6.45) is 5.05. The van der Waals surface area contributed by atoms with Crippen molar-refractivity contribution in [3.8, 4) is 12.3 Å². The first-order valence-corrected chi connectivity index (χ1v) is 4.31. The fourth-order valence-electron chi connectivity index (χ4n) is 1.14. The van der Waals surface area contributed by atoms with Crippen LogP contribution in [0.1, 0.15) is 6.92 Å². The molecule has 0 fully saturated rings. The van der Waals surface area contributed by atoms with E-state index in [1.807, 2.05) is 0 Å². The van der Waals surface area contributed by atoms with E-state index < -0.39 is 28.3 Å². The lowest BCUT2D eigenvalue weighted by molar-refractivity contribution is -0.386. The van der Waals surface area contributed by atoms with Crippen LogP contribution in [0, 0.1) is 34.1 Å². The van der Waals surface area contributed by atoms with Crippen LogP contribution in [0.4, 0.5) is 20.2 Å². The molecule has 0 radical (unpaired) electrons. The molecule has 4 nitrogen and oxygen atoms in total. The minimum Gasteiger partial charge on any atom is -0.366 e. The number of nitrogens with one attached hydrogen (secondary N) is 1. The Morgan fingerprint density at radius 1 is 1.56 bits per heavy atom. The maximum Gasteiger partial charge on any atom is 0.327 e. The first-order chi connectivity index (χ1) is 7.45. The number of hydrogen-bond acceptors (Lipinski definition) is 3. The van der Waals surface area contributed by atoms with E-state index >= 15 is 0 Å². The lowest BCUT2D eigenvalue weighted by atomic mass is 10.2. The van der Waals surface area contributed by atoms with E-state index in [2.05, 4.69) is 11.2 Å². The second-order valence-electron chi connectivity index (χ2n) is 3.07. The molecule has 6 heteroatoms. The van der Waals surface area contributed by atoms with Gasteiger partial charge in [-0.05, 0) is 6.92 Å². The normalized spacial score (nSPS) is 11.6. The highest BCUT2D eigenvalue weighted by molar-refractivity contribution is 5.63. The zero-order valence-electron chi connectivity index (χ0n) is 8.33. The van der Waals surface area contributed by atoms with Crippen molar-refractivity contribution >= 4 is 11.4 Å². The van der Waals surface area contributed by atoms with E-state index in [9.17, 15) is 18.9 Å². The van der Waals surface area contributed by atoms with Crippen LogP contribution in [-0.4, -0.2) is 11.0 Å². The number of benzene rings is 1. The highest BCUT2D eigenvalue weighted by atomic mass is 19.1. The van der Waals surface area contributed by atoms with Crippen molar-refractivity contribution in [2.45, 2.75) is 13.0 Å². The minimum absolute atomic E-state index is 0.270. The highest BCUT2D eigenvalue weighted by Crippen LogP contribution is 2.29. The van der Waals surface area contributed by atoms with Crippen LogP contribution in [0.25, 0.3) is 0 Å². The number of terminal acetylenes is 1. The lowest BCUT2D eigenvalue weighted by Crippen LogP contribution is -2.14. The Kier molecular flexibility index (Phi) is 3.40. The van der Waals surface area contributed by atoms with Gasteiger partial charge in [0.05, 0.1) is 11.0 Å². The Morgan fingerprint density at radius 2 is 2.19 bits per heavy atom. The third kappa shape index (κ3) is 2.45. The van der Waals surface area contributed by atoms with Gasteiger partial charge in [-0.25, -0.2) is 4.39 Å². The number of nitrogens with zero attached hydrogens (tertiary/aromatic N) is 1. The Morgan fingerprint density at radius 3 is 2.69 bits per heavy atom. The van der Waals surface area contributed by atoms with Crippen LogP contribution in [0.5, 0.6) is 0 Å². The molecule has 1 aromatic carbocycles. The molecule has 0 saturated carbocycles. The van der Waals surface area contributed by atoms with Crippen molar-refractivity contribution in [2.75, 3.05) is 5.32 Å². The molecule has 1 aromatic rings. The molecule has 16 heavy (non-hydrogen) atoms. The minimum atomic E-state index is -1.24. The number of hydrogen-bond donors (Lipinski definition) is 1. The van der Waals surface area contributed by atoms with Gasteiger partial charge in [-0.15, -0.1) is 6.42 Å². The maximum atomic E-state index is 13.1. The summed E-state index contributed by atoms with van der Waals surface area (Å²) < 4.78 is 26.0. The predicted octanol–water partition coefficient (Wildman–Crippen LogP) is 2.31. The molecule has 84 valence electrons. The van der Waals surface area contributed by atoms with E-state index in [4.69, 9.17) is 6.42 Å². The summed E-state index contributed by atoms with van der Waals surface area (Å²) >= 11 is 0. The summed E-state index contributed by atoms with van der Waals surface area (Å²) in [5.74, 6) is 0.0931. The number of anilines is 1. The van der Waals surface area contributed by atoms with Crippen LogP contribution in [0.15, 0.2) is 12.1 Å². The molecule has 0 aromatic heterocycles. The van der Waals surface area contributed by atoms with Crippen LogP contribution in [0.2, 0.25) is 0 Å². The molecule has 0 spiro atoms. The molecular formula is C10H8F2N2O2. The average molecular weight is 226 g/mol. The number of nitro groups is 1. The van der Waals surface area contributed by atoms with Crippen LogP contribution in [-0.2, 0) is 0 Å². The summed E-state index contributed by atoms with van der Waals surface area (Å²) in [7, 11) is 0. The standard InChI is InChI=1S/C10H8F2N2O2/c1-3-6(2)13-9-5-7(11)4-8(12)10(9)14(15)16/h1,4-6,13H,2H3. The Labute approximate surface area is 90.4 Å². The monoisotopic (exact) mass is 226 g/mol. The van der Waals surface area contributed by atoms with Crippen molar-refractivity contribution in [1.29, 1.82) is 0 Å². The molecule has 1 N–H and O–H groups in total. The van der Waals surface area contributed by atoms with Gasteiger partial charge in [-0.3, -0.25) is 10.1 Å². The summed E-state index contributed by atoms with van der Waals surface area (Å²) in [6, 6.07) is 0.707. The summed E-state index contributed by atoms with van der Waals surface area (Å²) in [5.41, 5.74) is -1.09. The fourth-order valence-corrected chi connectivity index (χ4v) is 1.14. The molecule has 0 aliphatic heterocycles. The molecule has 0 aliphatic carbocycles. The number of nitro benzene ring substituents is 1. The van der Waals surface area contributed by atoms with Crippen molar-refractivity contribution in [2.24, 2.45) is 0 Å². The van der Waals surface area contributed by atoms with Gasteiger partial charge in [-0.1, -0.05) is 5.92 Å². The Hall–Kier alpha value is -2.16. The van der Waals surface area contributed by atoms with Gasteiger partial charge in [-0.2, -0.15) is 4.39 Å². The fraction of sp³-hybridized carbons (Fsp3) is 0.200. The van der Waals surface area contributed by atoms with E-state index in [0.717, 1.165) is 6.07 Å². The third-order valence-electron chi connectivity index (χ3n) is 1.83. The maximum absolute atomic E-state index is 13.1. The molecular weight excluding hydrogens is 218 g/mol. The average Bonchev–Trinajstić information content (AvgIpc) is 2.15. The van der Waals surface area contributed by atoms with Gasteiger partial charge in [0.15, 0.2) is 0 Å². The van der Waals surface area contributed by atoms with Crippen molar-refractivity contribution in [3.05, 3.63) is 33.9 Å². The largest absolute Gasteiger partial charge is 0.366 e. The first-order valence-electron chi connectivity index (χ1n) is 4.31. The molecule has 0 aliphatic rings. The smallest absolute Gasteiger partial charge is 0.327 e. The van der Waals surface area contributed by atoms with E-state index in [1.165, 1.54) is 6.92 Å². The van der Waals surface area contributed by atoms with E-state index in [0.29, 0.717) is 6.07 Å². The van der Waals surface area contributed by atoms with Gasteiger partial charge in [0.2, 0.25) is 5.82 Å². The Balaban J connectivity index is 3.25. The van der Waals surface area contributed by atoms with Gasteiger partial charge >= 0.3 is 5.69 Å². The van der Waals surface area contributed by atoms with Gasteiger partial charge in [0, 0.05) is 12.1 Å². The lowest BCUT2D eigenvalue weighted by Gasteiger charge is -2.09. The predicted molar refractivity (Wildman–Crippen MR) is 54.9 cm³/mol. The van der Waals surface area contributed by atoms with Crippen molar-refractivity contribution in [1.82, 2.24) is 0 Å². The molecule has 0 saturated heterocycles. The van der Waals surface area contributed by atoms with Crippen LogP contribution >= 0.6 is 0 Å². The van der Waals surface area contributed by atoms with Crippen LogP contribution < -0.4 is 5.32 Å². The number of rotatable bonds is 3. The van der Waals surface area contributed by atoms with Crippen molar-refractivity contribution in [3.63, 3.8) is 0 Å². The molecule has 0 amide bonds. The zero-order chi connectivity index (χ0) is 12.3. The topological polar surface area (TPSA) is 55.2 Å². The SMILES string of the molecule is C#CC(C)Nc1cc(F)cc(F)c1[N+](=O)[O-]. The van der Waals surface area contributed by atoms with Crippen LogP contribution in [0.3, 0.4) is 0 Å². The summed E-state index contributed by atoms with van der Waals surface area (Å²) in [5, 5.41) is 13.0. The quantitative estimate of drug-likeness (QED) is 0.488. The molecule has 1 rings (SSSR count). The molecule has 0 bridgehead atoms. The molecule has 1 atom stereocenters. The zero-order valence-corrected chi connectivity index (χ0v) is 8.33. The molecule has 1 unspecified atom stereocenters. The summed E-state index contributed by atoms with van der Waals surface area (Å²) in [6.45, 7) is 1.53. The summed E-state index contributed by atoms with van der Waals surface area (Å²) in [4.78, 5) is 9.64.